The van der Waals surface area contributed by atoms with E-state index in [1.807, 2.05) is 0 Å². The van der Waals surface area contributed by atoms with Gasteiger partial charge in [0.1, 0.15) is 0 Å². The van der Waals surface area contributed by atoms with Crippen LogP contribution in [0.1, 0.15) is 52.9 Å². The van der Waals surface area contributed by atoms with Crippen molar-refractivity contribution in [3.63, 3.8) is 0 Å². The molecular weight excluding hydrogens is 214 g/mol. The minimum Gasteiger partial charge on any atom is -0.379 e. The third kappa shape index (κ3) is 3.94. The maximum absolute atomic E-state index is 6.28. The maximum Gasteiger partial charge on any atom is 0.0837 e. The number of hydrogen-bond acceptors (Lipinski definition) is 3. The minimum absolute atomic E-state index is 0.163. The molecule has 3 nitrogen and oxygen atoms in total. The summed E-state index contributed by atoms with van der Waals surface area (Å²) < 4.78 is 11.7. The second kappa shape index (κ2) is 5.25. The zero-order chi connectivity index (χ0) is 12.4. The van der Waals surface area contributed by atoms with Crippen molar-refractivity contribution >= 4 is 0 Å². The highest BCUT2D eigenvalue weighted by molar-refractivity contribution is 4.92. The SMILES string of the molecule is CC(C)(C)NCCC1(OC2CCOC2)CCC1. The second-order valence-electron chi connectivity index (χ2n) is 6.57. The topological polar surface area (TPSA) is 30.5 Å². The van der Waals surface area contributed by atoms with Gasteiger partial charge in [-0.05, 0) is 59.4 Å². The predicted molar refractivity (Wildman–Crippen MR) is 69.3 cm³/mol. The monoisotopic (exact) mass is 241 g/mol. The Hall–Kier alpha value is -0.120. The largest absolute Gasteiger partial charge is 0.379 e. The molecule has 0 aromatic carbocycles. The average molecular weight is 241 g/mol. The van der Waals surface area contributed by atoms with Crippen LogP contribution in [0.4, 0.5) is 0 Å². The zero-order valence-corrected chi connectivity index (χ0v) is 11.6. The Morgan fingerprint density at radius 1 is 1.35 bits per heavy atom. The van der Waals surface area contributed by atoms with Crippen LogP contribution in [0.2, 0.25) is 0 Å². The predicted octanol–water partition coefficient (Wildman–Crippen LogP) is 2.49. The van der Waals surface area contributed by atoms with Gasteiger partial charge in [0.05, 0.1) is 18.3 Å². The van der Waals surface area contributed by atoms with Gasteiger partial charge in [0.15, 0.2) is 0 Å². The first-order valence-corrected chi connectivity index (χ1v) is 7.00. The first-order chi connectivity index (χ1) is 7.99. The molecule has 0 amide bonds. The van der Waals surface area contributed by atoms with Gasteiger partial charge in [0.25, 0.3) is 0 Å². The van der Waals surface area contributed by atoms with Crippen LogP contribution in [0.5, 0.6) is 0 Å². The van der Waals surface area contributed by atoms with Crippen LogP contribution in [-0.4, -0.2) is 37.0 Å². The van der Waals surface area contributed by atoms with Crippen molar-refractivity contribution in [2.75, 3.05) is 19.8 Å². The first-order valence-electron chi connectivity index (χ1n) is 7.00. The van der Waals surface area contributed by atoms with E-state index < -0.39 is 0 Å². The summed E-state index contributed by atoms with van der Waals surface area (Å²) in [4.78, 5) is 0. The van der Waals surface area contributed by atoms with Gasteiger partial charge < -0.3 is 14.8 Å². The summed E-state index contributed by atoms with van der Waals surface area (Å²) in [6, 6.07) is 0. The highest BCUT2D eigenvalue weighted by atomic mass is 16.6. The summed E-state index contributed by atoms with van der Waals surface area (Å²) >= 11 is 0. The minimum atomic E-state index is 0.163. The molecule has 1 saturated carbocycles. The van der Waals surface area contributed by atoms with E-state index in [2.05, 4.69) is 26.1 Å². The summed E-state index contributed by atoms with van der Waals surface area (Å²) in [6.07, 6.45) is 6.35. The van der Waals surface area contributed by atoms with Crippen molar-refractivity contribution in [2.45, 2.75) is 70.1 Å². The maximum atomic E-state index is 6.28. The highest BCUT2D eigenvalue weighted by Crippen LogP contribution is 2.40. The summed E-state index contributed by atoms with van der Waals surface area (Å²) in [7, 11) is 0. The van der Waals surface area contributed by atoms with Crippen LogP contribution in [0.25, 0.3) is 0 Å². The lowest BCUT2D eigenvalue weighted by atomic mass is 9.77. The highest BCUT2D eigenvalue weighted by Gasteiger charge is 2.40. The summed E-state index contributed by atoms with van der Waals surface area (Å²) in [5, 5.41) is 3.56. The quantitative estimate of drug-likeness (QED) is 0.802. The lowest BCUT2D eigenvalue weighted by Crippen LogP contribution is -2.47. The molecule has 3 heteroatoms. The molecular formula is C14H27NO2. The molecule has 0 radical (unpaired) electrons. The van der Waals surface area contributed by atoms with Gasteiger partial charge in [-0.15, -0.1) is 0 Å². The summed E-state index contributed by atoms with van der Waals surface area (Å²) in [6.45, 7) is 9.37. The van der Waals surface area contributed by atoms with Gasteiger partial charge >= 0.3 is 0 Å². The summed E-state index contributed by atoms with van der Waals surface area (Å²) in [5.41, 5.74) is 0.373. The molecule has 1 atom stereocenters. The molecule has 0 spiro atoms. The fourth-order valence-corrected chi connectivity index (χ4v) is 2.62. The average Bonchev–Trinajstić information content (AvgIpc) is 2.64. The van der Waals surface area contributed by atoms with Gasteiger partial charge in [-0.1, -0.05) is 0 Å². The molecule has 17 heavy (non-hydrogen) atoms. The van der Waals surface area contributed by atoms with Gasteiger partial charge in [-0.25, -0.2) is 0 Å². The Balaban J connectivity index is 1.74. The molecule has 1 unspecified atom stereocenters. The Morgan fingerprint density at radius 3 is 2.59 bits per heavy atom. The van der Waals surface area contributed by atoms with E-state index in [0.29, 0.717) is 6.10 Å². The van der Waals surface area contributed by atoms with Crippen molar-refractivity contribution in [2.24, 2.45) is 0 Å². The van der Waals surface area contributed by atoms with E-state index in [4.69, 9.17) is 9.47 Å². The molecule has 1 heterocycles. The number of rotatable bonds is 5. The number of ether oxygens (including phenoxy) is 2. The van der Waals surface area contributed by atoms with Crippen LogP contribution in [-0.2, 0) is 9.47 Å². The molecule has 0 aromatic rings. The molecule has 2 rings (SSSR count). The van der Waals surface area contributed by atoms with Crippen LogP contribution < -0.4 is 5.32 Å². The van der Waals surface area contributed by atoms with Crippen molar-refractivity contribution in [3.8, 4) is 0 Å². The Kier molecular flexibility index (Phi) is 4.11. The summed E-state index contributed by atoms with van der Waals surface area (Å²) in [5.74, 6) is 0. The molecule has 0 aromatic heterocycles. The molecule has 1 N–H and O–H groups in total. The lowest BCUT2D eigenvalue weighted by molar-refractivity contribution is -0.142. The molecule has 100 valence electrons. The van der Waals surface area contributed by atoms with E-state index in [0.717, 1.165) is 32.6 Å². The van der Waals surface area contributed by atoms with E-state index in [-0.39, 0.29) is 11.1 Å². The molecule has 1 aliphatic heterocycles. The van der Waals surface area contributed by atoms with Gasteiger partial charge in [-0.3, -0.25) is 0 Å². The van der Waals surface area contributed by atoms with E-state index in [1.165, 1.54) is 19.3 Å². The van der Waals surface area contributed by atoms with Crippen LogP contribution in [0, 0.1) is 0 Å². The third-order valence-corrected chi connectivity index (χ3v) is 3.81. The molecule has 0 bridgehead atoms. The van der Waals surface area contributed by atoms with Crippen molar-refractivity contribution < 1.29 is 9.47 Å². The molecule has 1 saturated heterocycles. The van der Waals surface area contributed by atoms with Crippen LogP contribution in [0.3, 0.4) is 0 Å². The number of hydrogen-bond donors (Lipinski definition) is 1. The second-order valence-corrected chi connectivity index (χ2v) is 6.57. The number of nitrogens with one attached hydrogen (secondary N) is 1. The first kappa shape index (κ1) is 13.3. The van der Waals surface area contributed by atoms with Crippen molar-refractivity contribution in [3.05, 3.63) is 0 Å². The van der Waals surface area contributed by atoms with Gasteiger partial charge in [0.2, 0.25) is 0 Å². The zero-order valence-electron chi connectivity index (χ0n) is 11.6. The molecule has 2 fully saturated rings. The Labute approximate surface area is 105 Å². The molecule has 1 aliphatic carbocycles. The van der Waals surface area contributed by atoms with E-state index in [1.54, 1.807) is 0 Å². The lowest BCUT2D eigenvalue weighted by Gasteiger charge is -2.44. The Bertz CT molecular complexity index is 237. The molecule has 2 aliphatic rings. The normalized spacial score (nSPS) is 28.1. The van der Waals surface area contributed by atoms with E-state index >= 15 is 0 Å². The fourth-order valence-electron chi connectivity index (χ4n) is 2.62. The van der Waals surface area contributed by atoms with Gasteiger partial charge in [0, 0.05) is 12.1 Å². The van der Waals surface area contributed by atoms with Crippen molar-refractivity contribution in [1.29, 1.82) is 0 Å². The van der Waals surface area contributed by atoms with Gasteiger partial charge in [-0.2, -0.15) is 0 Å². The van der Waals surface area contributed by atoms with Crippen LogP contribution >= 0.6 is 0 Å². The van der Waals surface area contributed by atoms with E-state index in [9.17, 15) is 0 Å². The smallest absolute Gasteiger partial charge is 0.0837 e. The fraction of sp³-hybridized carbons (Fsp3) is 1.00. The Morgan fingerprint density at radius 2 is 2.12 bits per heavy atom. The standard InChI is InChI=1S/C14H27NO2/c1-13(2,3)15-9-8-14(6-4-7-14)17-12-5-10-16-11-12/h12,15H,4-11H2,1-3H3. The third-order valence-electron chi connectivity index (χ3n) is 3.81. The van der Waals surface area contributed by atoms with Crippen molar-refractivity contribution in [1.82, 2.24) is 5.32 Å². The van der Waals surface area contributed by atoms with Crippen LogP contribution in [0.15, 0.2) is 0 Å².